The molecule has 0 spiro atoms. The second-order valence-corrected chi connectivity index (χ2v) is 10.8. The highest BCUT2D eigenvalue weighted by atomic mass is 32.2. The summed E-state index contributed by atoms with van der Waals surface area (Å²) in [6.07, 6.45) is 2.21. The van der Waals surface area contributed by atoms with E-state index in [4.69, 9.17) is 5.21 Å². The van der Waals surface area contributed by atoms with Crippen molar-refractivity contribution in [1.82, 2.24) is 15.4 Å². The van der Waals surface area contributed by atoms with Gasteiger partial charge in [-0.15, -0.1) is 0 Å². The second kappa shape index (κ2) is 10.7. The molecule has 3 N–H and O–H groups in total. The normalized spacial score (nSPS) is 13.0. The maximum atomic E-state index is 12.6. The Balaban J connectivity index is 1.69. The molecular weight excluding hydrogens is 470 g/mol. The number of carbonyl (C=O) groups excluding carboxylic acids is 2. The van der Waals surface area contributed by atoms with Crippen LogP contribution in [-0.4, -0.2) is 41.0 Å². The summed E-state index contributed by atoms with van der Waals surface area (Å²) in [6, 6.07) is 19.5. The summed E-state index contributed by atoms with van der Waals surface area (Å²) in [5.41, 5.74) is 3.84. The predicted octanol–water partition coefficient (Wildman–Crippen LogP) is 2.14. The molecule has 0 saturated carbocycles. The first-order chi connectivity index (χ1) is 16.5. The molecule has 0 bridgehead atoms. The number of carbonyl (C=O) groups is 2. The van der Waals surface area contributed by atoms with Gasteiger partial charge in [0.1, 0.15) is 0 Å². The van der Waals surface area contributed by atoms with Crippen molar-refractivity contribution in [2.75, 3.05) is 6.26 Å². The van der Waals surface area contributed by atoms with Gasteiger partial charge in [-0.3, -0.25) is 19.6 Å². The van der Waals surface area contributed by atoms with Crippen LogP contribution in [0.5, 0.6) is 0 Å². The van der Waals surface area contributed by atoms with Crippen LogP contribution < -0.4 is 16.4 Å². The van der Waals surface area contributed by atoms with Crippen molar-refractivity contribution in [2.24, 2.45) is 0 Å². The predicted molar refractivity (Wildman–Crippen MR) is 132 cm³/mol. The number of hydrogen-bond donors (Lipinski definition) is 3. The number of sulfone groups is 1. The van der Waals surface area contributed by atoms with Crippen LogP contribution in [0.1, 0.15) is 29.3 Å². The molecule has 1 unspecified atom stereocenters. The minimum absolute atomic E-state index is 0.0450. The van der Waals surface area contributed by atoms with Gasteiger partial charge in [0.15, 0.2) is 14.6 Å². The number of amides is 2. The molecule has 0 radical (unpaired) electrons. The lowest BCUT2D eigenvalue weighted by atomic mass is 10.0. The summed E-state index contributed by atoms with van der Waals surface area (Å²) in [7, 11) is -3.86. The first kappa shape index (κ1) is 25.9. The van der Waals surface area contributed by atoms with Gasteiger partial charge in [-0.2, -0.15) is 0 Å². The molecule has 1 atom stereocenters. The highest BCUT2D eigenvalue weighted by molar-refractivity contribution is 7.92. The van der Waals surface area contributed by atoms with Gasteiger partial charge < -0.3 is 9.88 Å². The Morgan fingerprint density at radius 1 is 1.00 bits per heavy atom. The van der Waals surface area contributed by atoms with Gasteiger partial charge in [0.05, 0.1) is 0 Å². The van der Waals surface area contributed by atoms with Gasteiger partial charge in [0.2, 0.25) is 0 Å². The first-order valence-electron chi connectivity index (χ1n) is 10.8. The van der Waals surface area contributed by atoms with E-state index >= 15 is 0 Å². The fourth-order valence-corrected chi connectivity index (χ4v) is 4.33. The summed E-state index contributed by atoms with van der Waals surface area (Å²) in [4.78, 5) is 37.0. The largest absolute Gasteiger partial charge is 0.348 e. The molecule has 10 heteroatoms. The lowest BCUT2D eigenvalue weighted by Crippen LogP contribution is -2.49. The van der Waals surface area contributed by atoms with Gasteiger partial charge in [-0.25, -0.2) is 13.9 Å². The molecule has 1 aromatic heterocycles. The number of aryl methyl sites for hydroxylation is 1. The molecule has 3 aromatic rings. The van der Waals surface area contributed by atoms with Crippen LogP contribution in [0.4, 0.5) is 0 Å². The average molecular weight is 498 g/mol. The standard InChI is InChI=1S/C25H27N3O6S/c1-25(24(31)27-32,35(2,33)34)13-15-28-14-12-21(16-22(28)29)19-8-10-20(11-9-19)23(30)26-17-18-6-4-3-5-7-18/h3-12,14,16,32H,13,15,17H2,1-2H3,(H,26,30)(H,27,31). The number of rotatable bonds is 9. The number of nitrogens with one attached hydrogen (secondary N) is 2. The fraction of sp³-hybridized carbons (Fsp3) is 0.240. The summed E-state index contributed by atoms with van der Waals surface area (Å²) in [5, 5.41) is 11.8. The number of aromatic nitrogens is 1. The van der Waals surface area contributed by atoms with Crippen LogP contribution >= 0.6 is 0 Å². The van der Waals surface area contributed by atoms with E-state index in [0.29, 0.717) is 17.7 Å². The summed E-state index contributed by atoms with van der Waals surface area (Å²) in [6.45, 7) is 1.57. The van der Waals surface area contributed by atoms with Gasteiger partial charge in [0.25, 0.3) is 17.4 Å². The van der Waals surface area contributed by atoms with E-state index in [1.165, 1.54) is 29.2 Å². The molecule has 2 aromatic carbocycles. The van der Waals surface area contributed by atoms with Crippen LogP contribution in [-0.2, 0) is 27.7 Å². The Morgan fingerprint density at radius 3 is 2.23 bits per heavy atom. The van der Waals surface area contributed by atoms with Crippen LogP contribution in [0, 0.1) is 0 Å². The van der Waals surface area contributed by atoms with E-state index in [2.05, 4.69) is 5.32 Å². The second-order valence-electron chi connectivity index (χ2n) is 8.39. The van der Waals surface area contributed by atoms with Crippen molar-refractivity contribution in [3.63, 3.8) is 0 Å². The lowest BCUT2D eigenvalue weighted by molar-refractivity contribution is -0.131. The maximum absolute atomic E-state index is 12.6. The smallest absolute Gasteiger partial charge is 0.264 e. The van der Waals surface area contributed by atoms with Gasteiger partial charge in [0, 0.05) is 37.2 Å². The number of hydroxylamine groups is 1. The van der Waals surface area contributed by atoms with E-state index in [1.54, 1.807) is 30.3 Å². The Labute approximate surface area is 203 Å². The molecule has 0 aliphatic heterocycles. The van der Waals surface area contributed by atoms with E-state index in [-0.39, 0.29) is 24.4 Å². The minimum Gasteiger partial charge on any atom is -0.348 e. The average Bonchev–Trinajstić information content (AvgIpc) is 2.85. The zero-order valence-corrected chi connectivity index (χ0v) is 20.2. The molecule has 9 nitrogen and oxygen atoms in total. The molecule has 2 amide bonds. The number of nitrogens with zero attached hydrogens (tertiary/aromatic N) is 1. The van der Waals surface area contributed by atoms with E-state index < -0.39 is 20.5 Å². The summed E-state index contributed by atoms with van der Waals surface area (Å²) in [5.74, 6) is -1.27. The van der Waals surface area contributed by atoms with Crippen molar-refractivity contribution >= 4 is 21.7 Å². The molecule has 3 rings (SSSR count). The van der Waals surface area contributed by atoms with Crippen molar-refractivity contribution in [3.05, 3.63) is 94.4 Å². The molecule has 0 aliphatic carbocycles. The SMILES string of the molecule is CC(CCn1ccc(-c2ccc(C(=O)NCc3ccccc3)cc2)cc1=O)(C(=O)NO)S(C)(=O)=O. The zero-order chi connectivity index (χ0) is 25.6. The molecule has 184 valence electrons. The molecule has 0 fully saturated rings. The fourth-order valence-electron chi connectivity index (χ4n) is 3.49. The highest BCUT2D eigenvalue weighted by Gasteiger charge is 2.43. The molecule has 35 heavy (non-hydrogen) atoms. The summed E-state index contributed by atoms with van der Waals surface area (Å²) >= 11 is 0. The Morgan fingerprint density at radius 2 is 1.66 bits per heavy atom. The highest BCUT2D eigenvalue weighted by Crippen LogP contribution is 2.23. The van der Waals surface area contributed by atoms with E-state index in [1.807, 2.05) is 30.3 Å². The number of pyridine rings is 1. The summed E-state index contributed by atoms with van der Waals surface area (Å²) < 4.78 is 23.6. The monoisotopic (exact) mass is 497 g/mol. The maximum Gasteiger partial charge on any atom is 0.264 e. The third-order valence-corrected chi connectivity index (χ3v) is 8.03. The van der Waals surface area contributed by atoms with Crippen LogP contribution in [0.15, 0.2) is 77.7 Å². The Bertz CT molecular complexity index is 1370. The third-order valence-electron chi connectivity index (χ3n) is 6.00. The van der Waals surface area contributed by atoms with Crippen molar-refractivity contribution in [2.45, 2.75) is 31.2 Å². The van der Waals surface area contributed by atoms with Gasteiger partial charge in [-0.1, -0.05) is 42.5 Å². The Hall–Kier alpha value is -3.76. The molecule has 0 aliphatic rings. The number of benzene rings is 2. The van der Waals surface area contributed by atoms with Gasteiger partial charge in [-0.05, 0) is 48.2 Å². The third kappa shape index (κ3) is 6.03. The number of hydrogen-bond acceptors (Lipinski definition) is 6. The van der Waals surface area contributed by atoms with Crippen LogP contribution in [0.2, 0.25) is 0 Å². The topological polar surface area (TPSA) is 135 Å². The lowest BCUT2D eigenvalue weighted by Gasteiger charge is -2.25. The first-order valence-corrected chi connectivity index (χ1v) is 12.7. The van der Waals surface area contributed by atoms with Crippen molar-refractivity contribution in [3.8, 4) is 11.1 Å². The quantitative estimate of drug-likeness (QED) is 0.306. The molecule has 1 heterocycles. The van der Waals surface area contributed by atoms with E-state index in [0.717, 1.165) is 17.4 Å². The van der Waals surface area contributed by atoms with Gasteiger partial charge >= 0.3 is 0 Å². The van der Waals surface area contributed by atoms with Crippen molar-refractivity contribution in [1.29, 1.82) is 0 Å². The molecular formula is C25H27N3O6S. The van der Waals surface area contributed by atoms with Crippen LogP contribution in [0.25, 0.3) is 11.1 Å². The Kier molecular flexibility index (Phi) is 7.88. The van der Waals surface area contributed by atoms with Crippen LogP contribution in [0.3, 0.4) is 0 Å². The van der Waals surface area contributed by atoms with E-state index in [9.17, 15) is 22.8 Å². The minimum atomic E-state index is -3.86. The van der Waals surface area contributed by atoms with Crippen molar-refractivity contribution < 1.29 is 23.2 Å². The molecule has 0 saturated heterocycles. The zero-order valence-electron chi connectivity index (χ0n) is 19.4.